The van der Waals surface area contributed by atoms with Crippen molar-refractivity contribution in [2.24, 2.45) is 5.73 Å². The van der Waals surface area contributed by atoms with Gasteiger partial charge in [0.15, 0.2) is 5.96 Å². The number of hydrogen-bond acceptors (Lipinski definition) is 2. The van der Waals surface area contributed by atoms with Crippen LogP contribution in [-0.2, 0) is 17.8 Å². The van der Waals surface area contributed by atoms with Gasteiger partial charge in [-0.15, -0.1) is 0 Å². The number of ether oxygens (including phenoxy) is 1. The lowest BCUT2D eigenvalue weighted by Crippen LogP contribution is -2.34. The Bertz CT molecular complexity index is 389. The number of fused-ring (bicyclic) bond motifs is 1. The van der Waals surface area contributed by atoms with Gasteiger partial charge >= 0.3 is 0 Å². The van der Waals surface area contributed by atoms with Gasteiger partial charge in [0.2, 0.25) is 0 Å². The Kier molecular flexibility index (Phi) is 2.60. The molecule has 1 aliphatic rings. The molecule has 1 aromatic carbocycles. The average Bonchev–Trinajstić information content (AvgIpc) is 2.61. The van der Waals surface area contributed by atoms with E-state index in [0.29, 0.717) is 6.61 Å². The summed E-state index contributed by atoms with van der Waals surface area (Å²) < 4.78 is 5.08. The highest BCUT2D eigenvalue weighted by Crippen LogP contribution is 2.28. The Labute approximate surface area is 89.1 Å². The first-order chi connectivity index (χ1) is 7.22. The Hall–Kier alpha value is -1.55. The minimum Gasteiger partial charge on any atom is -0.380 e. The van der Waals surface area contributed by atoms with Gasteiger partial charge in [0, 0.05) is 19.3 Å². The summed E-state index contributed by atoms with van der Waals surface area (Å²) in [5.74, 6) is 0.114. The van der Waals surface area contributed by atoms with Crippen LogP contribution < -0.4 is 10.6 Å². The lowest BCUT2D eigenvalue weighted by Gasteiger charge is -2.17. The molecule has 0 aliphatic carbocycles. The topological polar surface area (TPSA) is 62.3 Å². The van der Waals surface area contributed by atoms with Crippen LogP contribution in [0.4, 0.5) is 5.69 Å². The van der Waals surface area contributed by atoms with E-state index in [1.54, 1.807) is 7.11 Å². The van der Waals surface area contributed by atoms with Crippen molar-refractivity contribution >= 4 is 11.6 Å². The third kappa shape index (κ3) is 1.80. The lowest BCUT2D eigenvalue weighted by atomic mass is 10.1. The number of methoxy groups -OCH3 is 1. The van der Waals surface area contributed by atoms with Crippen LogP contribution in [0.5, 0.6) is 0 Å². The van der Waals surface area contributed by atoms with Crippen molar-refractivity contribution in [2.45, 2.75) is 13.0 Å². The normalized spacial score (nSPS) is 14.1. The zero-order chi connectivity index (χ0) is 10.8. The van der Waals surface area contributed by atoms with Crippen molar-refractivity contribution in [2.75, 3.05) is 18.6 Å². The summed E-state index contributed by atoms with van der Waals surface area (Å²) in [5, 5.41) is 7.47. The molecule has 0 bridgehead atoms. The van der Waals surface area contributed by atoms with Gasteiger partial charge in [-0.3, -0.25) is 5.41 Å². The van der Waals surface area contributed by atoms with E-state index < -0.39 is 0 Å². The van der Waals surface area contributed by atoms with Gasteiger partial charge in [-0.05, 0) is 23.6 Å². The number of guanidine groups is 1. The Morgan fingerprint density at radius 3 is 3.07 bits per heavy atom. The lowest BCUT2D eigenvalue weighted by molar-refractivity contribution is 0.185. The average molecular weight is 205 g/mol. The maximum atomic E-state index is 7.47. The molecule has 3 N–H and O–H groups in total. The molecule has 0 atom stereocenters. The molecule has 80 valence electrons. The molecular formula is C11H15N3O. The van der Waals surface area contributed by atoms with E-state index in [4.69, 9.17) is 15.9 Å². The van der Waals surface area contributed by atoms with Crippen molar-refractivity contribution in [3.63, 3.8) is 0 Å². The van der Waals surface area contributed by atoms with E-state index in [1.165, 1.54) is 5.56 Å². The second-order valence-electron chi connectivity index (χ2n) is 3.68. The van der Waals surface area contributed by atoms with E-state index >= 15 is 0 Å². The van der Waals surface area contributed by atoms with E-state index in [2.05, 4.69) is 12.1 Å². The molecule has 0 radical (unpaired) electrons. The minimum absolute atomic E-state index is 0.114. The van der Waals surface area contributed by atoms with E-state index in [0.717, 1.165) is 24.2 Å². The van der Waals surface area contributed by atoms with Crippen LogP contribution in [0.1, 0.15) is 11.1 Å². The SMILES string of the molecule is COCc1ccc2c(c1)N(C(=N)N)CC2. The Morgan fingerprint density at radius 2 is 2.40 bits per heavy atom. The van der Waals surface area contributed by atoms with Crippen molar-refractivity contribution in [1.29, 1.82) is 5.41 Å². The second-order valence-corrected chi connectivity index (χ2v) is 3.68. The molecule has 4 heteroatoms. The fourth-order valence-electron chi connectivity index (χ4n) is 1.93. The fraction of sp³-hybridized carbons (Fsp3) is 0.364. The second kappa shape index (κ2) is 3.90. The molecule has 0 saturated heterocycles. The largest absolute Gasteiger partial charge is 0.380 e. The van der Waals surface area contributed by atoms with E-state index in [9.17, 15) is 0 Å². The van der Waals surface area contributed by atoms with Crippen LogP contribution in [0, 0.1) is 5.41 Å². The summed E-state index contributed by atoms with van der Waals surface area (Å²) in [7, 11) is 1.68. The maximum Gasteiger partial charge on any atom is 0.192 e. The highest BCUT2D eigenvalue weighted by atomic mass is 16.5. The number of anilines is 1. The third-order valence-electron chi connectivity index (χ3n) is 2.65. The smallest absolute Gasteiger partial charge is 0.192 e. The number of benzene rings is 1. The molecule has 1 aliphatic heterocycles. The standard InChI is InChI=1S/C11H15N3O/c1-15-7-8-2-3-9-4-5-14(11(12)13)10(9)6-8/h2-3,6H,4-5,7H2,1H3,(H3,12,13). The van der Waals surface area contributed by atoms with Crippen molar-refractivity contribution in [3.05, 3.63) is 29.3 Å². The zero-order valence-corrected chi connectivity index (χ0v) is 8.79. The maximum absolute atomic E-state index is 7.47. The number of nitrogens with two attached hydrogens (primary N) is 1. The Balaban J connectivity index is 2.33. The summed E-state index contributed by atoms with van der Waals surface area (Å²) in [6, 6.07) is 6.20. The molecule has 0 spiro atoms. The van der Waals surface area contributed by atoms with Crippen LogP contribution in [0.15, 0.2) is 18.2 Å². The molecule has 0 unspecified atom stereocenters. The number of rotatable bonds is 2. The predicted molar refractivity (Wildman–Crippen MR) is 60.1 cm³/mol. The van der Waals surface area contributed by atoms with Crippen molar-refractivity contribution in [3.8, 4) is 0 Å². The van der Waals surface area contributed by atoms with Gasteiger partial charge in [-0.25, -0.2) is 0 Å². The first kappa shape index (κ1) is 9.98. The molecule has 4 nitrogen and oxygen atoms in total. The van der Waals surface area contributed by atoms with Gasteiger partial charge in [0.25, 0.3) is 0 Å². The third-order valence-corrected chi connectivity index (χ3v) is 2.65. The predicted octanol–water partition coefficient (Wildman–Crippen LogP) is 1.09. The highest BCUT2D eigenvalue weighted by molar-refractivity contribution is 5.94. The van der Waals surface area contributed by atoms with Gasteiger partial charge in [0.05, 0.1) is 6.61 Å². The van der Waals surface area contributed by atoms with Crippen molar-refractivity contribution < 1.29 is 4.74 Å². The summed E-state index contributed by atoms with van der Waals surface area (Å²) in [4.78, 5) is 1.83. The van der Waals surface area contributed by atoms with Crippen LogP contribution in [-0.4, -0.2) is 19.6 Å². The number of nitrogens with zero attached hydrogens (tertiary/aromatic N) is 1. The molecule has 0 saturated carbocycles. The molecular weight excluding hydrogens is 190 g/mol. The summed E-state index contributed by atoms with van der Waals surface area (Å²) in [6.45, 7) is 1.40. The first-order valence-corrected chi connectivity index (χ1v) is 4.94. The van der Waals surface area contributed by atoms with Gasteiger partial charge in [-0.1, -0.05) is 12.1 Å². The molecule has 0 amide bonds. The fourth-order valence-corrected chi connectivity index (χ4v) is 1.93. The molecule has 1 heterocycles. The number of nitrogens with one attached hydrogen (secondary N) is 1. The van der Waals surface area contributed by atoms with Crippen LogP contribution >= 0.6 is 0 Å². The van der Waals surface area contributed by atoms with E-state index in [1.807, 2.05) is 11.0 Å². The summed E-state index contributed by atoms with van der Waals surface area (Å²) in [5.41, 5.74) is 8.94. The van der Waals surface area contributed by atoms with Crippen molar-refractivity contribution in [1.82, 2.24) is 0 Å². The molecule has 0 fully saturated rings. The number of hydrogen-bond donors (Lipinski definition) is 2. The van der Waals surface area contributed by atoms with E-state index in [-0.39, 0.29) is 5.96 Å². The highest BCUT2D eigenvalue weighted by Gasteiger charge is 2.20. The zero-order valence-electron chi connectivity index (χ0n) is 8.79. The van der Waals surface area contributed by atoms with Crippen LogP contribution in [0.3, 0.4) is 0 Å². The molecule has 0 aromatic heterocycles. The minimum atomic E-state index is 0.114. The van der Waals surface area contributed by atoms with Gasteiger partial charge < -0.3 is 15.4 Å². The van der Waals surface area contributed by atoms with Gasteiger partial charge in [0.1, 0.15) is 0 Å². The first-order valence-electron chi connectivity index (χ1n) is 4.94. The van der Waals surface area contributed by atoms with Gasteiger partial charge in [-0.2, -0.15) is 0 Å². The Morgan fingerprint density at radius 1 is 1.60 bits per heavy atom. The quantitative estimate of drug-likeness (QED) is 0.561. The molecule has 2 rings (SSSR count). The van der Waals surface area contributed by atoms with Crippen LogP contribution in [0.2, 0.25) is 0 Å². The molecule has 15 heavy (non-hydrogen) atoms. The summed E-state index contributed by atoms with van der Waals surface area (Å²) >= 11 is 0. The van der Waals surface area contributed by atoms with Crippen LogP contribution in [0.25, 0.3) is 0 Å². The monoisotopic (exact) mass is 205 g/mol. The summed E-state index contributed by atoms with van der Waals surface area (Å²) in [6.07, 6.45) is 0.960. The molecule has 1 aromatic rings.